The molecule has 76 valence electrons. The predicted octanol–water partition coefficient (Wildman–Crippen LogP) is 1.01. The van der Waals surface area contributed by atoms with Crippen LogP contribution in [0.4, 0.5) is 5.69 Å². The van der Waals surface area contributed by atoms with E-state index in [9.17, 15) is 10.1 Å². The fourth-order valence-corrected chi connectivity index (χ4v) is 1.41. The molecule has 0 amide bonds. The Morgan fingerprint density at radius 3 is 2.43 bits per heavy atom. The van der Waals surface area contributed by atoms with Crippen LogP contribution < -0.4 is 9.47 Å². The Kier molecular flexibility index (Phi) is 3.38. The summed E-state index contributed by atoms with van der Waals surface area (Å²) in [6.07, 6.45) is 0. The van der Waals surface area contributed by atoms with Gasteiger partial charge in [-0.25, -0.2) is 0 Å². The standard InChI is InChI=1S/C6H6IN3O4/c1-13-5-3(10(11)12)4(7)8-6(9-5)14-2/h1-2H3. The van der Waals surface area contributed by atoms with Gasteiger partial charge < -0.3 is 9.47 Å². The van der Waals surface area contributed by atoms with Gasteiger partial charge in [0.05, 0.1) is 19.1 Å². The quantitative estimate of drug-likeness (QED) is 0.358. The molecule has 0 saturated carbocycles. The number of methoxy groups -OCH3 is 2. The number of ether oxygens (including phenoxy) is 2. The summed E-state index contributed by atoms with van der Waals surface area (Å²) >= 11 is 1.72. The summed E-state index contributed by atoms with van der Waals surface area (Å²) in [4.78, 5) is 17.4. The molecule has 0 fully saturated rings. The van der Waals surface area contributed by atoms with Crippen molar-refractivity contribution in [2.75, 3.05) is 14.2 Å². The highest BCUT2D eigenvalue weighted by atomic mass is 127. The van der Waals surface area contributed by atoms with E-state index in [1.165, 1.54) is 14.2 Å². The second-order valence-electron chi connectivity index (χ2n) is 2.12. The van der Waals surface area contributed by atoms with E-state index in [-0.39, 0.29) is 21.3 Å². The van der Waals surface area contributed by atoms with Crippen LogP contribution in [0.5, 0.6) is 11.9 Å². The Morgan fingerprint density at radius 2 is 2.00 bits per heavy atom. The van der Waals surface area contributed by atoms with Crippen LogP contribution in [-0.2, 0) is 0 Å². The van der Waals surface area contributed by atoms with Crippen molar-refractivity contribution in [3.63, 3.8) is 0 Å². The lowest BCUT2D eigenvalue weighted by molar-refractivity contribution is -0.387. The monoisotopic (exact) mass is 311 g/mol. The number of aromatic nitrogens is 2. The highest BCUT2D eigenvalue weighted by Crippen LogP contribution is 2.30. The molecular weight excluding hydrogens is 305 g/mol. The van der Waals surface area contributed by atoms with Gasteiger partial charge >= 0.3 is 17.6 Å². The van der Waals surface area contributed by atoms with E-state index in [0.29, 0.717) is 0 Å². The molecule has 1 rings (SSSR count). The molecule has 0 unspecified atom stereocenters. The van der Waals surface area contributed by atoms with E-state index < -0.39 is 4.92 Å². The van der Waals surface area contributed by atoms with Crippen LogP contribution in [0.2, 0.25) is 0 Å². The molecule has 7 nitrogen and oxygen atoms in total. The maximum atomic E-state index is 10.6. The lowest BCUT2D eigenvalue weighted by Gasteiger charge is -2.03. The average Bonchev–Trinajstić information content (AvgIpc) is 2.15. The highest BCUT2D eigenvalue weighted by molar-refractivity contribution is 14.1. The van der Waals surface area contributed by atoms with Gasteiger partial charge in [-0.15, -0.1) is 0 Å². The molecule has 0 radical (unpaired) electrons. The molecule has 0 aliphatic heterocycles. The van der Waals surface area contributed by atoms with Crippen molar-refractivity contribution in [3.8, 4) is 11.9 Å². The zero-order chi connectivity index (χ0) is 10.7. The van der Waals surface area contributed by atoms with E-state index in [1.54, 1.807) is 22.6 Å². The van der Waals surface area contributed by atoms with Gasteiger partial charge in [-0.3, -0.25) is 10.1 Å². The zero-order valence-electron chi connectivity index (χ0n) is 7.35. The van der Waals surface area contributed by atoms with Crippen LogP contribution in [-0.4, -0.2) is 29.1 Å². The number of nitro groups is 1. The molecule has 0 bridgehead atoms. The summed E-state index contributed by atoms with van der Waals surface area (Å²) in [6, 6.07) is 0.0388. The number of halogens is 1. The summed E-state index contributed by atoms with van der Waals surface area (Å²) in [7, 11) is 2.67. The molecule has 0 aromatic carbocycles. The van der Waals surface area contributed by atoms with Gasteiger partial charge in [0.2, 0.25) is 0 Å². The summed E-state index contributed by atoms with van der Waals surface area (Å²) in [5.41, 5.74) is -0.256. The second-order valence-corrected chi connectivity index (χ2v) is 3.14. The van der Waals surface area contributed by atoms with Crippen molar-refractivity contribution in [1.82, 2.24) is 9.97 Å². The van der Waals surface area contributed by atoms with E-state index in [1.807, 2.05) is 0 Å². The van der Waals surface area contributed by atoms with E-state index in [2.05, 4.69) is 9.97 Å². The van der Waals surface area contributed by atoms with Gasteiger partial charge in [-0.05, 0) is 22.6 Å². The van der Waals surface area contributed by atoms with Crippen LogP contribution in [0.15, 0.2) is 0 Å². The van der Waals surface area contributed by atoms with Crippen LogP contribution in [0, 0.1) is 13.8 Å². The topological polar surface area (TPSA) is 87.4 Å². The first-order chi connectivity index (χ1) is 6.60. The fourth-order valence-electron chi connectivity index (χ4n) is 0.777. The third kappa shape index (κ3) is 2.00. The average molecular weight is 311 g/mol. The van der Waals surface area contributed by atoms with Gasteiger partial charge in [-0.1, -0.05) is 0 Å². The minimum absolute atomic E-state index is 0.0388. The first-order valence-corrected chi connectivity index (χ1v) is 4.48. The van der Waals surface area contributed by atoms with Crippen molar-refractivity contribution in [1.29, 1.82) is 0 Å². The van der Waals surface area contributed by atoms with Crippen LogP contribution in [0.1, 0.15) is 0 Å². The highest BCUT2D eigenvalue weighted by Gasteiger charge is 2.24. The Bertz CT molecular complexity index is 370. The summed E-state index contributed by atoms with van der Waals surface area (Å²) < 4.78 is 9.67. The van der Waals surface area contributed by atoms with Crippen molar-refractivity contribution in [2.24, 2.45) is 0 Å². The van der Waals surface area contributed by atoms with Crippen molar-refractivity contribution >= 4 is 28.3 Å². The number of hydrogen-bond acceptors (Lipinski definition) is 6. The molecule has 0 aliphatic carbocycles. The normalized spacial score (nSPS) is 9.64. The van der Waals surface area contributed by atoms with E-state index in [4.69, 9.17) is 9.47 Å². The molecule has 1 aromatic rings. The van der Waals surface area contributed by atoms with Gasteiger partial charge in [-0.2, -0.15) is 9.97 Å². The van der Waals surface area contributed by atoms with Gasteiger partial charge in [0, 0.05) is 0 Å². The molecule has 14 heavy (non-hydrogen) atoms. The van der Waals surface area contributed by atoms with Crippen molar-refractivity contribution in [2.45, 2.75) is 0 Å². The number of hydrogen-bond donors (Lipinski definition) is 0. The minimum atomic E-state index is -0.597. The maximum Gasteiger partial charge on any atom is 0.362 e. The second kappa shape index (κ2) is 4.35. The molecule has 1 heterocycles. The Labute approximate surface area is 92.7 Å². The third-order valence-corrected chi connectivity index (χ3v) is 2.10. The van der Waals surface area contributed by atoms with Crippen molar-refractivity contribution in [3.05, 3.63) is 13.8 Å². The van der Waals surface area contributed by atoms with E-state index >= 15 is 0 Å². The molecule has 0 saturated heterocycles. The fraction of sp³-hybridized carbons (Fsp3) is 0.333. The predicted molar refractivity (Wildman–Crippen MR) is 54.5 cm³/mol. The summed E-state index contributed by atoms with van der Waals surface area (Å²) in [5, 5.41) is 10.6. The van der Waals surface area contributed by atoms with Crippen molar-refractivity contribution < 1.29 is 14.4 Å². The molecular formula is C6H6IN3O4. The minimum Gasteiger partial charge on any atom is -0.476 e. The molecule has 0 aliphatic rings. The summed E-state index contributed by atoms with van der Waals surface area (Å²) in [5.74, 6) is -0.105. The van der Waals surface area contributed by atoms with E-state index in [0.717, 1.165) is 0 Å². The Balaban J connectivity index is 3.34. The van der Waals surface area contributed by atoms with Gasteiger partial charge in [0.1, 0.15) is 0 Å². The Hall–Kier alpha value is -1.19. The lowest BCUT2D eigenvalue weighted by Crippen LogP contribution is -2.03. The molecule has 8 heteroatoms. The van der Waals surface area contributed by atoms with Gasteiger partial charge in [0.25, 0.3) is 0 Å². The largest absolute Gasteiger partial charge is 0.476 e. The number of rotatable bonds is 3. The Morgan fingerprint density at radius 1 is 1.36 bits per heavy atom. The first kappa shape index (κ1) is 10.9. The van der Waals surface area contributed by atoms with Crippen LogP contribution in [0.25, 0.3) is 0 Å². The lowest BCUT2D eigenvalue weighted by atomic mass is 10.5. The molecule has 1 aromatic heterocycles. The first-order valence-electron chi connectivity index (χ1n) is 3.40. The van der Waals surface area contributed by atoms with Crippen LogP contribution >= 0.6 is 22.6 Å². The number of nitrogens with zero attached hydrogens (tertiary/aromatic N) is 3. The SMILES string of the molecule is COc1nc(I)c([N+](=O)[O-])c(OC)n1. The van der Waals surface area contributed by atoms with Gasteiger partial charge in [0.15, 0.2) is 3.70 Å². The zero-order valence-corrected chi connectivity index (χ0v) is 9.51. The summed E-state index contributed by atoms with van der Waals surface area (Å²) in [6.45, 7) is 0. The smallest absolute Gasteiger partial charge is 0.362 e. The molecule has 0 spiro atoms. The molecule has 0 N–H and O–H groups in total. The molecule has 0 atom stereocenters. The third-order valence-electron chi connectivity index (χ3n) is 1.35. The maximum absolute atomic E-state index is 10.6. The van der Waals surface area contributed by atoms with Crippen LogP contribution in [0.3, 0.4) is 0 Å².